The molecule has 9 heteroatoms. The molecule has 0 unspecified atom stereocenters. The monoisotopic (exact) mass is 419 g/mol. The lowest BCUT2D eigenvalue weighted by molar-refractivity contribution is -0.150. The van der Waals surface area contributed by atoms with Crippen molar-refractivity contribution >= 4 is 29.5 Å². The predicted molar refractivity (Wildman–Crippen MR) is 106 cm³/mol. The molecule has 8 nitrogen and oxygen atoms in total. The van der Waals surface area contributed by atoms with E-state index in [0.717, 1.165) is 11.3 Å². The minimum absolute atomic E-state index is 0.116. The molecule has 1 saturated heterocycles. The number of hydrogen-bond acceptors (Lipinski definition) is 5. The lowest BCUT2D eigenvalue weighted by atomic mass is 9.64. The molecule has 162 valence electrons. The number of nitrogens with one attached hydrogen (secondary N) is 2. The van der Waals surface area contributed by atoms with Crippen LogP contribution in [0.25, 0.3) is 0 Å². The molecule has 2 atom stereocenters. The molecule has 0 aromatic heterocycles. The Morgan fingerprint density at radius 1 is 1.23 bits per heavy atom. The fourth-order valence-electron chi connectivity index (χ4n) is 4.70. The summed E-state index contributed by atoms with van der Waals surface area (Å²) in [7, 11) is 0. The summed E-state index contributed by atoms with van der Waals surface area (Å²) in [5, 5.41) is 5.24. The van der Waals surface area contributed by atoms with Crippen LogP contribution in [-0.4, -0.2) is 47.4 Å². The Bertz CT molecular complexity index is 870. The number of urea groups is 1. The van der Waals surface area contributed by atoms with Crippen molar-refractivity contribution < 1.29 is 28.3 Å². The summed E-state index contributed by atoms with van der Waals surface area (Å²) in [6.45, 7) is 5.00. The van der Waals surface area contributed by atoms with Gasteiger partial charge in [0.1, 0.15) is 17.9 Å². The second-order valence-electron chi connectivity index (χ2n) is 8.97. The van der Waals surface area contributed by atoms with Crippen LogP contribution in [0.3, 0.4) is 0 Å². The predicted octanol–water partition coefficient (Wildman–Crippen LogP) is 2.44. The van der Waals surface area contributed by atoms with Crippen LogP contribution in [0, 0.1) is 17.2 Å². The number of hydrogen-bond donors (Lipinski definition) is 2. The van der Waals surface area contributed by atoms with E-state index in [-0.39, 0.29) is 11.3 Å². The third-order valence-electron chi connectivity index (χ3n) is 5.40. The number of anilines is 1. The van der Waals surface area contributed by atoms with E-state index < -0.39 is 48.3 Å². The smallest absolute Gasteiger partial charge is 0.326 e. The first-order chi connectivity index (χ1) is 14.0. The molecule has 2 N–H and O–H groups in total. The van der Waals surface area contributed by atoms with Gasteiger partial charge in [-0.2, -0.15) is 0 Å². The van der Waals surface area contributed by atoms with Crippen LogP contribution in [0.1, 0.15) is 40.0 Å². The number of benzene rings is 1. The number of halogens is 1. The number of imide groups is 1. The summed E-state index contributed by atoms with van der Waals surface area (Å²) in [6.07, 6.45) is 1.97. The van der Waals surface area contributed by atoms with E-state index in [2.05, 4.69) is 24.5 Å². The first-order valence-corrected chi connectivity index (χ1v) is 9.85. The van der Waals surface area contributed by atoms with E-state index in [0.29, 0.717) is 18.5 Å². The summed E-state index contributed by atoms with van der Waals surface area (Å²) in [6, 6.07) is 4.48. The van der Waals surface area contributed by atoms with E-state index in [1.165, 1.54) is 24.3 Å². The van der Waals surface area contributed by atoms with E-state index in [1.54, 1.807) is 0 Å². The Balaban J connectivity index is 1.55. The van der Waals surface area contributed by atoms with Gasteiger partial charge in [0.2, 0.25) is 0 Å². The highest BCUT2D eigenvalue weighted by atomic mass is 19.1. The third kappa shape index (κ3) is 4.77. The van der Waals surface area contributed by atoms with E-state index in [9.17, 15) is 23.6 Å². The zero-order valence-electron chi connectivity index (χ0n) is 17.3. The molecule has 4 amide bonds. The first kappa shape index (κ1) is 21.7. The lowest BCUT2D eigenvalue weighted by Crippen LogP contribution is -2.54. The summed E-state index contributed by atoms with van der Waals surface area (Å²) in [5.41, 5.74) is -0.767. The minimum atomic E-state index is -1.00. The van der Waals surface area contributed by atoms with Gasteiger partial charge in [0, 0.05) is 5.69 Å². The summed E-state index contributed by atoms with van der Waals surface area (Å²) >= 11 is 0. The molecular formula is C21H26FN3O5. The fraction of sp³-hybridized carbons (Fsp3) is 0.524. The van der Waals surface area contributed by atoms with Crippen LogP contribution < -0.4 is 10.6 Å². The van der Waals surface area contributed by atoms with Crippen LogP contribution in [0.15, 0.2) is 24.3 Å². The van der Waals surface area contributed by atoms with Crippen molar-refractivity contribution in [3.63, 3.8) is 0 Å². The highest BCUT2D eigenvalue weighted by Crippen LogP contribution is 2.46. The van der Waals surface area contributed by atoms with Gasteiger partial charge in [-0.15, -0.1) is 0 Å². The maximum absolute atomic E-state index is 13.0. The van der Waals surface area contributed by atoms with Crippen LogP contribution in [0.2, 0.25) is 0 Å². The average Bonchev–Trinajstić information content (AvgIpc) is 2.83. The van der Waals surface area contributed by atoms with Crippen molar-refractivity contribution in [3.8, 4) is 0 Å². The largest absolute Gasteiger partial charge is 0.454 e. The van der Waals surface area contributed by atoms with Gasteiger partial charge in [0.25, 0.3) is 11.8 Å². The van der Waals surface area contributed by atoms with Crippen molar-refractivity contribution in [1.82, 2.24) is 10.2 Å². The number of esters is 1. The van der Waals surface area contributed by atoms with E-state index >= 15 is 0 Å². The Morgan fingerprint density at radius 2 is 1.90 bits per heavy atom. The second-order valence-corrected chi connectivity index (χ2v) is 8.97. The van der Waals surface area contributed by atoms with Gasteiger partial charge in [-0.3, -0.25) is 19.3 Å². The molecule has 0 radical (unpaired) electrons. The molecule has 1 heterocycles. The maximum atomic E-state index is 13.0. The molecule has 1 aliphatic carbocycles. The van der Waals surface area contributed by atoms with Crippen molar-refractivity contribution in [2.75, 3.05) is 18.5 Å². The quantitative estimate of drug-likeness (QED) is 0.563. The Kier molecular flexibility index (Phi) is 5.83. The summed E-state index contributed by atoms with van der Waals surface area (Å²) in [4.78, 5) is 50.2. The molecule has 1 aromatic carbocycles. The van der Waals surface area contributed by atoms with Gasteiger partial charge in [0.15, 0.2) is 6.61 Å². The normalized spacial score (nSPS) is 25.2. The molecular weight excluding hydrogens is 393 g/mol. The topological polar surface area (TPSA) is 105 Å². The van der Waals surface area contributed by atoms with Crippen molar-refractivity contribution in [2.45, 2.75) is 45.6 Å². The highest BCUT2D eigenvalue weighted by Gasteiger charge is 2.56. The molecule has 30 heavy (non-hydrogen) atoms. The van der Waals surface area contributed by atoms with E-state index in [1.807, 2.05) is 6.92 Å². The highest BCUT2D eigenvalue weighted by molar-refractivity contribution is 6.09. The second kappa shape index (κ2) is 8.04. The van der Waals surface area contributed by atoms with Gasteiger partial charge >= 0.3 is 12.0 Å². The standard InChI is InChI=1S/C21H26FN3O5/c1-13-8-20(2,3)12-21(9-13)18(28)25(19(29)24-21)10-17(27)30-11-16(26)23-15-6-4-14(22)5-7-15/h4-7,13H,8-12H2,1-3H3,(H,23,26)(H,24,29)/t13-,21+/m1/s1. The number of rotatable bonds is 5. The Morgan fingerprint density at radius 3 is 2.53 bits per heavy atom. The van der Waals surface area contributed by atoms with E-state index in [4.69, 9.17) is 4.74 Å². The maximum Gasteiger partial charge on any atom is 0.326 e. The fourth-order valence-corrected chi connectivity index (χ4v) is 4.70. The number of nitrogens with zero attached hydrogens (tertiary/aromatic N) is 1. The van der Waals surface area contributed by atoms with Crippen molar-refractivity contribution in [2.24, 2.45) is 11.3 Å². The number of carbonyl (C=O) groups is 4. The van der Waals surface area contributed by atoms with Gasteiger partial charge in [-0.25, -0.2) is 9.18 Å². The zero-order valence-corrected chi connectivity index (χ0v) is 17.3. The van der Waals surface area contributed by atoms with Gasteiger partial charge < -0.3 is 15.4 Å². The van der Waals surface area contributed by atoms with Crippen LogP contribution >= 0.6 is 0 Å². The molecule has 1 aromatic rings. The number of amides is 4. The van der Waals surface area contributed by atoms with Crippen LogP contribution in [-0.2, 0) is 19.1 Å². The molecule has 1 spiro atoms. The molecule has 2 fully saturated rings. The lowest BCUT2D eigenvalue weighted by Gasteiger charge is -2.43. The molecule has 2 aliphatic rings. The zero-order chi connectivity index (χ0) is 22.1. The van der Waals surface area contributed by atoms with Crippen LogP contribution in [0.5, 0.6) is 0 Å². The number of ether oxygens (including phenoxy) is 1. The molecule has 3 rings (SSSR count). The van der Waals surface area contributed by atoms with Gasteiger partial charge in [-0.1, -0.05) is 20.8 Å². The average molecular weight is 419 g/mol. The molecule has 0 bridgehead atoms. The SMILES string of the molecule is C[C@@H]1CC(C)(C)C[C@]2(C1)NC(=O)N(CC(=O)OCC(=O)Nc1ccc(F)cc1)C2=O. The summed E-state index contributed by atoms with van der Waals surface area (Å²) < 4.78 is 17.8. The van der Waals surface area contributed by atoms with Crippen molar-refractivity contribution in [3.05, 3.63) is 30.1 Å². The third-order valence-corrected chi connectivity index (χ3v) is 5.40. The van der Waals surface area contributed by atoms with Crippen LogP contribution in [0.4, 0.5) is 14.9 Å². The van der Waals surface area contributed by atoms with Crippen molar-refractivity contribution in [1.29, 1.82) is 0 Å². The minimum Gasteiger partial charge on any atom is -0.454 e. The van der Waals surface area contributed by atoms with Gasteiger partial charge in [-0.05, 0) is 54.9 Å². The first-order valence-electron chi connectivity index (χ1n) is 9.85. The number of carbonyl (C=O) groups excluding carboxylic acids is 4. The Hall–Kier alpha value is -2.97. The van der Waals surface area contributed by atoms with Gasteiger partial charge in [0.05, 0.1) is 0 Å². The summed E-state index contributed by atoms with van der Waals surface area (Å²) in [5.74, 6) is -2.11. The molecule has 1 aliphatic heterocycles. The Labute approximate surface area is 174 Å². The molecule has 1 saturated carbocycles.